The fourth-order valence-electron chi connectivity index (χ4n) is 2.80. The summed E-state index contributed by atoms with van der Waals surface area (Å²) in [6.07, 6.45) is 0. The van der Waals surface area contributed by atoms with Gasteiger partial charge < -0.3 is 20.9 Å². The Labute approximate surface area is 195 Å². The number of carbonyl (C=O) groups excluding carboxylic acids is 1. The van der Waals surface area contributed by atoms with Gasteiger partial charge in [0.25, 0.3) is 16.6 Å². The monoisotopic (exact) mass is 488 g/mol. The summed E-state index contributed by atoms with van der Waals surface area (Å²) < 4.78 is 5.47. The predicted molar refractivity (Wildman–Crippen MR) is 119 cm³/mol. The van der Waals surface area contributed by atoms with Crippen LogP contribution in [-0.4, -0.2) is 49.2 Å². The van der Waals surface area contributed by atoms with Crippen molar-refractivity contribution in [1.29, 1.82) is 0 Å². The van der Waals surface area contributed by atoms with Crippen molar-refractivity contribution in [2.75, 3.05) is 18.2 Å². The maximum atomic E-state index is 11.3. The van der Waals surface area contributed by atoms with Crippen LogP contribution >= 0.6 is 11.8 Å². The molecule has 0 unspecified atom stereocenters. The molecule has 4 rings (SSSR count). The average Bonchev–Trinajstić information content (AvgIpc) is 3.32. The molecule has 2 aromatic carbocycles. The normalized spacial score (nSPS) is 10.5. The van der Waals surface area contributed by atoms with E-state index in [0.29, 0.717) is 13.1 Å². The standard InChI is InChI=1S/C12H12ClN3O2.C7H5N5O4/c13-16-6-8-3-1-2-7(4-8)5-15-10-9(14)11(17)12(10)18;1-16-6(15)4-2-3(5(13)14)8-7-9-10-11-12(4)7/h1-4,15-16H,5-6,14H2;2H,1H3,(H,13,14). The zero-order valence-electron chi connectivity index (χ0n) is 17.5. The maximum absolute atomic E-state index is 11.3. The Bertz CT molecular complexity index is 1430. The first-order chi connectivity index (χ1) is 16.3. The van der Waals surface area contributed by atoms with E-state index >= 15 is 0 Å². The minimum atomic E-state index is -1.28. The second-order valence-electron chi connectivity index (χ2n) is 6.64. The molecule has 176 valence electrons. The summed E-state index contributed by atoms with van der Waals surface area (Å²) in [5.41, 5.74) is 6.05. The number of ether oxygens (including phenoxy) is 1. The Hall–Kier alpha value is -4.43. The van der Waals surface area contributed by atoms with Crippen LogP contribution in [0.1, 0.15) is 32.1 Å². The first kappa shape index (κ1) is 24.2. The molecule has 0 amide bonds. The molecule has 15 heteroatoms. The number of anilines is 2. The molecule has 0 bridgehead atoms. The van der Waals surface area contributed by atoms with E-state index in [0.717, 1.165) is 21.7 Å². The van der Waals surface area contributed by atoms with Gasteiger partial charge in [-0.15, -0.1) is 0 Å². The summed E-state index contributed by atoms with van der Waals surface area (Å²) in [5.74, 6) is -2.11. The summed E-state index contributed by atoms with van der Waals surface area (Å²) in [5, 5.41) is 21.9. The van der Waals surface area contributed by atoms with Crippen molar-refractivity contribution in [3.63, 3.8) is 0 Å². The number of nitrogens with zero attached hydrogens (tertiary/aromatic N) is 5. The van der Waals surface area contributed by atoms with E-state index < -0.39 is 22.8 Å². The lowest BCUT2D eigenvalue weighted by Crippen LogP contribution is -2.36. The van der Waals surface area contributed by atoms with Gasteiger partial charge in [-0.05, 0) is 33.3 Å². The van der Waals surface area contributed by atoms with Gasteiger partial charge in [0.15, 0.2) is 11.4 Å². The third kappa shape index (κ3) is 5.13. The summed E-state index contributed by atoms with van der Waals surface area (Å²) in [7, 11) is 1.17. The second-order valence-corrected chi connectivity index (χ2v) is 6.91. The van der Waals surface area contributed by atoms with Gasteiger partial charge in [-0.1, -0.05) is 29.4 Å². The second kappa shape index (κ2) is 10.5. The quantitative estimate of drug-likeness (QED) is 0.150. The zero-order chi connectivity index (χ0) is 24.8. The van der Waals surface area contributed by atoms with E-state index in [4.69, 9.17) is 22.6 Å². The number of tetrazole rings is 1. The maximum Gasteiger partial charge on any atom is 0.357 e. The van der Waals surface area contributed by atoms with Gasteiger partial charge in [-0.25, -0.2) is 19.4 Å². The van der Waals surface area contributed by atoms with Crippen LogP contribution in [0.15, 0.2) is 39.9 Å². The highest BCUT2D eigenvalue weighted by molar-refractivity contribution is 6.13. The number of aromatic carboxylic acids is 1. The molecule has 0 atom stereocenters. The molecule has 34 heavy (non-hydrogen) atoms. The van der Waals surface area contributed by atoms with Crippen molar-refractivity contribution in [2.45, 2.75) is 13.1 Å². The molecule has 0 saturated carbocycles. The Morgan fingerprint density at radius 3 is 2.50 bits per heavy atom. The van der Waals surface area contributed by atoms with Crippen molar-refractivity contribution >= 4 is 40.9 Å². The molecular formula is C19H17ClN8O6. The van der Waals surface area contributed by atoms with Crippen LogP contribution in [0.4, 0.5) is 11.4 Å². The van der Waals surface area contributed by atoms with E-state index in [9.17, 15) is 19.2 Å². The van der Waals surface area contributed by atoms with Crippen LogP contribution in [0.2, 0.25) is 0 Å². The van der Waals surface area contributed by atoms with Crippen LogP contribution in [0.25, 0.3) is 5.78 Å². The number of nitrogens with one attached hydrogen (secondary N) is 2. The van der Waals surface area contributed by atoms with E-state index in [1.807, 2.05) is 24.3 Å². The van der Waals surface area contributed by atoms with E-state index in [-0.39, 0.29) is 28.5 Å². The fraction of sp³-hybridized carbons (Fsp3) is 0.158. The molecule has 14 nitrogen and oxygen atoms in total. The third-order valence-corrected chi connectivity index (χ3v) is 4.60. The number of nitrogens with two attached hydrogens (primary N) is 1. The third-order valence-electron chi connectivity index (χ3n) is 4.47. The van der Waals surface area contributed by atoms with Gasteiger partial charge in [0.05, 0.1) is 7.11 Å². The number of carboxylic acids is 1. The molecule has 0 radical (unpaired) electrons. The van der Waals surface area contributed by atoms with Crippen LogP contribution in [-0.2, 0) is 17.8 Å². The molecule has 2 heterocycles. The SMILES string of the molecule is COC(=O)c1cc(C(=O)O)nc2nnnn12.Nc1c(NCc2cccc(CNCl)c2)c(=O)c1=O. The van der Waals surface area contributed by atoms with Gasteiger partial charge in [0.2, 0.25) is 0 Å². The number of halogens is 1. The lowest BCUT2D eigenvalue weighted by molar-refractivity contribution is 0.0590. The van der Waals surface area contributed by atoms with Gasteiger partial charge >= 0.3 is 11.9 Å². The van der Waals surface area contributed by atoms with Crippen LogP contribution < -0.4 is 26.7 Å². The molecule has 2 aromatic heterocycles. The van der Waals surface area contributed by atoms with E-state index in [1.165, 1.54) is 7.11 Å². The lowest BCUT2D eigenvalue weighted by atomic mass is 10.1. The minimum absolute atomic E-state index is 0.0126. The van der Waals surface area contributed by atoms with E-state index in [2.05, 4.69) is 35.4 Å². The van der Waals surface area contributed by atoms with E-state index in [1.54, 1.807) is 0 Å². The van der Waals surface area contributed by atoms with Gasteiger partial charge in [-0.3, -0.25) is 9.59 Å². The van der Waals surface area contributed by atoms with Gasteiger partial charge in [0.1, 0.15) is 11.4 Å². The molecule has 4 aromatic rings. The topological polar surface area (TPSA) is 204 Å². The largest absolute Gasteiger partial charge is 0.477 e. The molecular weight excluding hydrogens is 472 g/mol. The lowest BCUT2D eigenvalue weighted by Gasteiger charge is -2.10. The molecule has 5 N–H and O–H groups in total. The first-order valence-electron chi connectivity index (χ1n) is 9.41. The summed E-state index contributed by atoms with van der Waals surface area (Å²) in [6, 6.07) is 8.73. The van der Waals surface area contributed by atoms with Gasteiger partial charge in [-0.2, -0.15) is 4.52 Å². The van der Waals surface area contributed by atoms with Crippen LogP contribution in [0.3, 0.4) is 0 Å². The number of methoxy groups -OCH3 is 1. The van der Waals surface area contributed by atoms with Gasteiger partial charge in [0, 0.05) is 19.2 Å². The van der Waals surface area contributed by atoms with Crippen LogP contribution in [0, 0.1) is 0 Å². The van der Waals surface area contributed by atoms with Crippen molar-refractivity contribution in [1.82, 2.24) is 29.9 Å². The highest BCUT2D eigenvalue weighted by Gasteiger charge is 2.19. The van der Waals surface area contributed by atoms with Crippen molar-refractivity contribution in [3.05, 3.63) is 73.3 Å². The average molecular weight is 489 g/mol. The fourth-order valence-corrected chi connectivity index (χ4v) is 2.95. The summed E-state index contributed by atoms with van der Waals surface area (Å²) >= 11 is 5.43. The number of rotatable bonds is 7. The number of nitrogen functional groups attached to an aromatic ring is 1. The Morgan fingerprint density at radius 1 is 1.18 bits per heavy atom. The molecule has 0 aliphatic heterocycles. The number of fused-ring (bicyclic) bond motifs is 1. The molecule has 0 aliphatic rings. The number of hydrogen-bond donors (Lipinski definition) is 4. The van der Waals surface area contributed by atoms with Crippen LogP contribution in [0.5, 0.6) is 0 Å². The van der Waals surface area contributed by atoms with Crippen molar-refractivity contribution < 1.29 is 19.4 Å². The number of carboxylic acid groups (broad SMARTS) is 1. The summed E-state index contributed by atoms with van der Waals surface area (Å²) in [6.45, 7) is 0.989. The first-order valence-corrected chi connectivity index (χ1v) is 9.79. The number of carbonyl (C=O) groups is 2. The van der Waals surface area contributed by atoms with Crippen molar-refractivity contribution in [3.8, 4) is 0 Å². The predicted octanol–water partition coefficient (Wildman–Crippen LogP) is -0.276. The molecule has 0 spiro atoms. The Kier molecular flexibility index (Phi) is 7.45. The molecule has 0 fully saturated rings. The zero-order valence-corrected chi connectivity index (χ0v) is 18.2. The molecule has 0 aliphatic carbocycles. The molecule has 0 saturated heterocycles. The smallest absolute Gasteiger partial charge is 0.357 e. The number of aromatic nitrogens is 5. The number of benzene rings is 1. The number of hydrogen-bond acceptors (Lipinski definition) is 12. The number of esters is 1. The Balaban J connectivity index is 0.000000192. The minimum Gasteiger partial charge on any atom is -0.477 e. The highest BCUT2D eigenvalue weighted by Crippen LogP contribution is 2.12. The highest BCUT2D eigenvalue weighted by atomic mass is 35.5. The van der Waals surface area contributed by atoms with Crippen molar-refractivity contribution in [2.24, 2.45) is 0 Å². The summed E-state index contributed by atoms with van der Waals surface area (Å²) in [4.78, 5) is 50.4. The Morgan fingerprint density at radius 2 is 1.88 bits per heavy atom.